The lowest BCUT2D eigenvalue weighted by Gasteiger charge is -2.39. The van der Waals surface area contributed by atoms with Crippen LogP contribution in [-0.2, 0) is 4.79 Å². The van der Waals surface area contributed by atoms with Crippen LogP contribution in [0, 0.1) is 12.8 Å². The zero-order valence-electron chi connectivity index (χ0n) is 15.1. The lowest BCUT2D eigenvalue weighted by atomic mass is 9.73. The summed E-state index contributed by atoms with van der Waals surface area (Å²) in [6.07, 6.45) is 6.65. The number of carboxylic acids is 1. The second-order valence-electron chi connectivity index (χ2n) is 7.07. The van der Waals surface area contributed by atoms with Gasteiger partial charge >= 0.3 is 5.97 Å². The van der Waals surface area contributed by atoms with E-state index in [2.05, 4.69) is 24.3 Å². The third-order valence-corrected chi connectivity index (χ3v) is 5.48. The molecule has 1 saturated carbocycles. The van der Waals surface area contributed by atoms with Gasteiger partial charge in [0, 0.05) is 5.69 Å². The van der Waals surface area contributed by atoms with E-state index in [0.717, 1.165) is 31.4 Å². The first kappa shape index (κ1) is 18.5. The van der Waals surface area contributed by atoms with Gasteiger partial charge in [0.2, 0.25) is 0 Å². The normalized spacial score (nSPS) is 24.1. The maximum Gasteiger partial charge on any atom is 0.308 e. The third-order valence-electron chi connectivity index (χ3n) is 5.48. The average molecular weight is 335 g/mol. The highest BCUT2D eigenvalue weighted by Gasteiger charge is 2.42. The molecule has 0 aliphatic heterocycles. The number of aromatic nitrogens is 2. The summed E-state index contributed by atoms with van der Waals surface area (Å²) in [7, 11) is 0. The van der Waals surface area contributed by atoms with Crippen molar-refractivity contribution < 1.29 is 14.7 Å². The molecule has 0 aromatic carbocycles. The Kier molecular flexibility index (Phi) is 5.67. The van der Waals surface area contributed by atoms with Crippen molar-refractivity contribution in [2.75, 3.05) is 0 Å². The molecule has 0 spiro atoms. The number of rotatable bonds is 6. The summed E-state index contributed by atoms with van der Waals surface area (Å²) < 4.78 is 1.91. The van der Waals surface area contributed by atoms with Gasteiger partial charge in [0.15, 0.2) is 0 Å². The van der Waals surface area contributed by atoms with Crippen LogP contribution in [0.1, 0.15) is 81.4 Å². The SMILES string of the molecule is CCC(CC)n1ncc(C(=O)NC2(C)CCCCC2C(=O)O)c1C. The van der Waals surface area contributed by atoms with Crippen LogP contribution in [0.2, 0.25) is 0 Å². The maximum atomic E-state index is 12.8. The van der Waals surface area contributed by atoms with Crippen molar-refractivity contribution in [3.8, 4) is 0 Å². The molecule has 1 aliphatic rings. The van der Waals surface area contributed by atoms with Crippen molar-refractivity contribution in [3.63, 3.8) is 0 Å². The van der Waals surface area contributed by atoms with E-state index in [-0.39, 0.29) is 11.9 Å². The number of aliphatic carboxylic acids is 1. The number of hydrogen-bond acceptors (Lipinski definition) is 3. The van der Waals surface area contributed by atoms with Crippen molar-refractivity contribution in [1.29, 1.82) is 0 Å². The number of hydrogen-bond donors (Lipinski definition) is 2. The molecule has 0 bridgehead atoms. The van der Waals surface area contributed by atoms with Gasteiger partial charge in [-0.1, -0.05) is 26.7 Å². The third kappa shape index (κ3) is 3.47. The minimum absolute atomic E-state index is 0.222. The molecule has 0 saturated heterocycles. The summed E-state index contributed by atoms with van der Waals surface area (Å²) in [4.78, 5) is 24.3. The number of nitrogens with one attached hydrogen (secondary N) is 1. The van der Waals surface area contributed by atoms with E-state index in [4.69, 9.17) is 0 Å². The van der Waals surface area contributed by atoms with E-state index in [1.54, 1.807) is 6.20 Å². The number of amides is 1. The fraction of sp³-hybridized carbons (Fsp3) is 0.722. The summed E-state index contributed by atoms with van der Waals surface area (Å²) in [6, 6.07) is 0.281. The fourth-order valence-electron chi connectivity index (χ4n) is 3.85. The predicted octanol–water partition coefficient (Wildman–Crippen LogP) is 3.32. The molecule has 1 amide bonds. The van der Waals surface area contributed by atoms with Gasteiger partial charge in [0.25, 0.3) is 5.91 Å². The zero-order valence-corrected chi connectivity index (χ0v) is 15.1. The van der Waals surface area contributed by atoms with Crippen molar-refractivity contribution in [2.45, 2.75) is 77.8 Å². The lowest BCUT2D eigenvalue weighted by molar-refractivity contribution is -0.145. The largest absolute Gasteiger partial charge is 0.481 e. The second kappa shape index (κ2) is 7.36. The molecule has 134 valence electrons. The monoisotopic (exact) mass is 335 g/mol. The molecular formula is C18H29N3O3. The Hall–Kier alpha value is -1.85. The molecular weight excluding hydrogens is 306 g/mol. The Balaban J connectivity index is 2.21. The molecule has 24 heavy (non-hydrogen) atoms. The number of carboxylic acid groups (broad SMARTS) is 1. The number of carbonyl (C=O) groups is 2. The Morgan fingerprint density at radius 3 is 2.67 bits per heavy atom. The standard InChI is InChI=1S/C18H29N3O3/c1-5-13(6-2)21-12(3)14(11-19-21)16(22)20-18(4)10-8-7-9-15(18)17(23)24/h11,13,15H,5-10H2,1-4H3,(H,20,22)(H,23,24). The summed E-state index contributed by atoms with van der Waals surface area (Å²) in [5.74, 6) is -1.59. The van der Waals surface area contributed by atoms with Crippen molar-refractivity contribution in [1.82, 2.24) is 15.1 Å². The van der Waals surface area contributed by atoms with E-state index in [1.807, 2.05) is 18.5 Å². The molecule has 2 atom stereocenters. The molecule has 2 N–H and O–H groups in total. The first-order valence-corrected chi connectivity index (χ1v) is 8.93. The lowest BCUT2D eigenvalue weighted by Crippen LogP contribution is -2.55. The van der Waals surface area contributed by atoms with Gasteiger partial charge in [-0.05, 0) is 39.5 Å². The molecule has 1 aromatic rings. The number of nitrogens with zero attached hydrogens (tertiary/aromatic N) is 2. The Morgan fingerprint density at radius 2 is 2.08 bits per heavy atom. The van der Waals surface area contributed by atoms with Crippen LogP contribution in [0.3, 0.4) is 0 Å². The van der Waals surface area contributed by atoms with Crippen molar-refractivity contribution >= 4 is 11.9 Å². The smallest absolute Gasteiger partial charge is 0.308 e. The molecule has 1 fully saturated rings. The molecule has 1 heterocycles. The summed E-state index contributed by atoms with van der Waals surface area (Å²) in [5.41, 5.74) is 0.676. The molecule has 2 unspecified atom stereocenters. The number of carbonyl (C=O) groups excluding carboxylic acids is 1. The van der Waals surface area contributed by atoms with Gasteiger partial charge in [-0.15, -0.1) is 0 Å². The summed E-state index contributed by atoms with van der Waals surface area (Å²) in [6.45, 7) is 7.96. The van der Waals surface area contributed by atoms with Crippen LogP contribution < -0.4 is 5.32 Å². The van der Waals surface area contributed by atoms with Crippen LogP contribution in [0.15, 0.2) is 6.20 Å². The summed E-state index contributed by atoms with van der Waals surface area (Å²) >= 11 is 0. The second-order valence-corrected chi connectivity index (χ2v) is 7.07. The van der Waals surface area contributed by atoms with Crippen LogP contribution >= 0.6 is 0 Å². The van der Waals surface area contributed by atoms with Gasteiger partial charge in [-0.25, -0.2) is 0 Å². The van der Waals surface area contributed by atoms with E-state index >= 15 is 0 Å². The van der Waals surface area contributed by atoms with Gasteiger partial charge < -0.3 is 10.4 Å². The van der Waals surface area contributed by atoms with Crippen LogP contribution in [0.4, 0.5) is 0 Å². The molecule has 6 heteroatoms. The van der Waals surface area contributed by atoms with Gasteiger partial charge in [-0.2, -0.15) is 5.10 Å². The van der Waals surface area contributed by atoms with Crippen LogP contribution in [-0.4, -0.2) is 32.3 Å². The molecule has 1 aliphatic carbocycles. The highest BCUT2D eigenvalue weighted by atomic mass is 16.4. The first-order chi connectivity index (χ1) is 11.3. The van der Waals surface area contributed by atoms with Gasteiger partial charge in [-0.3, -0.25) is 14.3 Å². The van der Waals surface area contributed by atoms with E-state index < -0.39 is 17.4 Å². The molecule has 1 aromatic heterocycles. The van der Waals surface area contributed by atoms with E-state index in [9.17, 15) is 14.7 Å². The average Bonchev–Trinajstić information content (AvgIpc) is 2.90. The van der Waals surface area contributed by atoms with Crippen LogP contribution in [0.5, 0.6) is 0 Å². The Bertz CT molecular complexity index is 607. The predicted molar refractivity (Wildman–Crippen MR) is 92.0 cm³/mol. The van der Waals surface area contributed by atoms with Crippen molar-refractivity contribution in [3.05, 3.63) is 17.5 Å². The summed E-state index contributed by atoms with van der Waals surface area (Å²) in [5, 5.41) is 16.9. The van der Waals surface area contributed by atoms with Gasteiger partial charge in [0.05, 0.1) is 29.3 Å². The Morgan fingerprint density at radius 1 is 1.42 bits per heavy atom. The first-order valence-electron chi connectivity index (χ1n) is 8.93. The minimum atomic E-state index is -0.832. The van der Waals surface area contributed by atoms with Gasteiger partial charge in [0.1, 0.15) is 0 Å². The highest BCUT2D eigenvalue weighted by Crippen LogP contribution is 2.34. The molecule has 2 rings (SSSR count). The zero-order chi connectivity index (χ0) is 17.9. The van der Waals surface area contributed by atoms with E-state index in [1.165, 1.54) is 0 Å². The minimum Gasteiger partial charge on any atom is -0.481 e. The molecule has 6 nitrogen and oxygen atoms in total. The fourth-order valence-corrected chi connectivity index (χ4v) is 3.85. The molecule has 0 radical (unpaired) electrons. The Labute approximate surface area is 143 Å². The quantitative estimate of drug-likeness (QED) is 0.835. The van der Waals surface area contributed by atoms with E-state index in [0.29, 0.717) is 18.4 Å². The maximum absolute atomic E-state index is 12.8. The topological polar surface area (TPSA) is 84.2 Å². The van der Waals surface area contributed by atoms with Crippen LogP contribution in [0.25, 0.3) is 0 Å². The highest BCUT2D eigenvalue weighted by molar-refractivity contribution is 5.96. The van der Waals surface area contributed by atoms with Crippen molar-refractivity contribution in [2.24, 2.45) is 5.92 Å².